The summed E-state index contributed by atoms with van der Waals surface area (Å²) in [6, 6.07) is 0.429. The molecule has 1 aliphatic heterocycles. The minimum atomic E-state index is 0.104. The van der Waals surface area contributed by atoms with E-state index in [-0.39, 0.29) is 5.91 Å². The van der Waals surface area contributed by atoms with Gasteiger partial charge in [-0.15, -0.1) is 0 Å². The Bertz CT molecular complexity index is 425. The van der Waals surface area contributed by atoms with Crippen LogP contribution in [-0.2, 0) is 11.3 Å². The molecule has 2 heterocycles. The van der Waals surface area contributed by atoms with Crippen molar-refractivity contribution in [1.82, 2.24) is 19.0 Å². The highest BCUT2D eigenvalue weighted by atomic mass is 32.1. The Labute approximate surface area is 111 Å². The molecule has 5 nitrogen and oxygen atoms in total. The molecule has 1 aromatic rings. The fraction of sp³-hybridized carbons (Fsp3) is 0.750. The van der Waals surface area contributed by atoms with Crippen LogP contribution in [0.3, 0.4) is 0 Å². The molecule has 18 heavy (non-hydrogen) atoms. The Hall–Kier alpha value is -1.01. The van der Waals surface area contributed by atoms with Crippen LogP contribution < -0.4 is 5.32 Å². The molecule has 1 spiro atoms. The quantitative estimate of drug-likeness (QED) is 0.887. The molecule has 1 atom stereocenters. The maximum atomic E-state index is 11.1. The minimum Gasteiger partial charge on any atom is -0.353 e. The molecule has 1 amide bonds. The van der Waals surface area contributed by atoms with E-state index in [1.807, 2.05) is 6.20 Å². The number of likely N-dealkylation sites (tertiary alicyclic amines) is 1. The Kier molecular flexibility index (Phi) is 3.07. The van der Waals surface area contributed by atoms with E-state index >= 15 is 0 Å². The van der Waals surface area contributed by atoms with Crippen molar-refractivity contribution < 1.29 is 4.79 Å². The molecule has 1 unspecified atom stereocenters. The summed E-state index contributed by atoms with van der Waals surface area (Å²) in [4.78, 5) is 13.5. The van der Waals surface area contributed by atoms with Gasteiger partial charge in [-0.1, -0.05) is 0 Å². The summed E-state index contributed by atoms with van der Waals surface area (Å²) in [6.07, 6.45) is 5.40. The number of hydrogen-bond acceptors (Lipinski definition) is 5. The first-order chi connectivity index (χ1) is 8.68. The Morgan fingerprint density at radius 3 is 3.00 bits per heavy atom. The average molecular weight is 266 g/mol. The van der Waals surface area contributed by atoms with Gasteiger partial charge in [-0.3, -0.25) is 9.69 Å². The second-order valence-electron chi connectivity index (χ2n) is 5.49. The molecule has 0 aromatic carbocycles. The van der Waals surface area contributed by atoms with Crippen molar-refractivity contribution in [3.8, 4) is 0 Å². The number of nitrogens with one attached hydrogen (secondary N) is 1. The molecule has 1 saturated heterocycles. The molecular formula is C12H18N4OS. The third kappa shape index (κ3) is 2.40. The number of hydrogen-bond donors (Lipinski definition) is 1. The number of carbonyl (C=O) groups is 1. The zero-order chi connectivity index (χ0) is 12.6. The van der Waals surface area contributed by atoms with E-state index in [2.05, 4.69) is 19.0 Å². The summed E-state index contributed by atoms with van der Waals surface area (Å²) in [5.74, 6) is 0.104. The number of rotatable bonds is 3. The van der Waals surface area contributed by atoms with Crippen LogP contribution in [0.15, 0.2) is 6.20 Å². The first-order valence-corrected chi connectivity index (χ1v) is 7.17. The third-order valence-electron chi connectivity index (χ3n) is 4.21. The summed E-state index contributed by atoms with van der Waals surface area (Å²) < 4.78 is 8.28. The van der Waals surface area contributed by atoms with Crippen molar-refractivity contribution in [1.29, 1.82) is 0 Å². The smallest absolute Gasteiger partial charge is 0.217 e. The lowest BCUT2D eigenvalue weighted by Gasteiger charge is -2.32. The molecule has 6 heteroatoms. The van der Waals surface area contributed by atoms with Gasteiger partial charge < -0.3 is 5.32 Å². The van der Waals surface area contributed by atoms with E-state index in [1.165, 1.54) is 31.0 Å². The van der Waals surface area contributed by atoms with Crippen LogP contribution in [0, 0.1) is 5.41 Å². The van der Waals surface area contributed by atoms with Gasteiger partial charge in [0.05, 0.1) is 23.6 Å². The van der Waals surface area contributed by atoms with Crippen LogP contribution in [0.1, 0.15) is 31.9 Å². The SMILES string of the molecule is CC(=O)NC1CC12CCN(Cc1cnsn1)CC2. The lowest BCUT2D eigenvalue weighted by molar-refractivity contribution is -0.119. The molecule has 0 bridgehead atoms. The Balaban J connectivity index is 1.49. The second kappa shape index (κ2) is 4.59. The van der Waals surface area contributed by atoms with E-state index in [0.29, 0.717) is 11.5 Å². The Morgan fingerprint density at radius 1 is 1.61 bits per heavy atom. The molecule has 1 aliphatic carbocycles. The average Bonchev–Trinajstić information content (AvgIpc) is 2.76. The number of nitrogens with zero attached hydrogens (tertiary/aromatic N) is 3. The molecule has 2 fully saturated rings. The highest BCUT2D eigenvalue weighted by Gasteiger charge is 2.55. The normalized spacial score (nSPS) is 26.2. The first-order valence-electron chi connectivity index (χ1n) is 6.44. The molecule has 1 N–H and O–H groups in total. The van der Waals surface area contributed by atoms with Crippen molar-refractivity contribution >= 4 is 17.6 Å². The van der Waals surface area contributed by atoms with Crippen LogP contribution in [0.4, 0.5) is 0 Å². The zero-order valence-corrected chi connectivity index (χ0v) is 11.4. The molecule has 98 valence electrons. The van der Waals surface area contributed by atoms with Gasteiger partial charge in [-0.05, 0) is 37.8 Å². The van der Waals surface area contributed by atoms with E-state index in [9.17, 15) is 4.79 Å². The summed E-state index contributed by atoms with van der Waals surface area (Å²) >= 11 is 1.27. The van der Waals surface area contributed by atoms with Crippen LogP contribution in [0.25, 0.3) is 0 Å². The minimum absolute atomic E-state index is 0.104. The number of carbonyl (C=O) groups excluding carboxylic acids is 1. The lowest BCUT2D eigenvalue weighted by atomic mass is 9.92. The number of amides is 1. The van der Waals surface area contributed by atoms with Crippen LogP contribution >= 0.6 is 11.7 Å². The zero-order valence-electron chi connectivity index (χ0n) is 10.6. The summed E-state index contributed by atoms with van der Waals surface area (Å²) in [7, 11) is 0. The molecule has 2 aliphatic rings. The largest absolute Gasteiger partial charge is 0.353 e. The van der Waals surface area contributed by atoms with Crippen molar-refractivity contribution in [2.45, 2.75) is 38.8 Å². The fourth-order valence-corrected chi connectivity index (χ4v) is 3.41. The van der Waals surface area contributed by atoms with Gasteiger partial charge in [-0.25, -0.2) is 0 Å². The van der Waals surface area contributed by atoms with Gasteiger partial charge >= 0.3 is 0 Å². The molecule has 1 aromatic heterocycles. The molecular weight excluding hydrogens is 248 g/mol. The van der Waals surface area contributed by atoms with E-state index < -0.39 is 0 Å². The highest BCUT2D eigenvalue weighted by Crippen LogP contribution is 2.53. The topological polar surface area (TPSA) is 58.1 Å². The van der Waals surface area contributed by atoms with Gasteiger partial charge in [0.15, 0.2) is 0 Å². The number of aromatic nitrogens is 2. The summed E-state index contributed by atoms with van der Waals surface area (Å²) in [6.45, 7) is 4.73. The standard InChI is InChI=1S/C12H18N4OS/c1-9(17)14-11-6-12(11)2-4-16(5-3-12)8-10-7-13-18-15-10/h7,11H,2-6,8H2,1H3,(H,14,17). The maximum Gasteiger partial charge on any atom is 0.217 e. The monoisotopic (exact) mass is 266 g/mol. The van der Waals surface area contributed by atoms with Crippen LogP contribution in [0.5, 0.6) is 0 Å². The Morgan fingerprint density at radius 2 is 2.39 bits per heavy atom. The number of piperidine rings is 1. The highest BCUT2D eigenvalue weighted by molar-refractivity contribution is 6.99. The van der Waals surface area contributed by atoms with Gasteiger partial charge in [-0.2, -0.15) is 8.75 Å². The van der Waals surface area contributed by atoms with Gasteiger partial charge in [0.25, 0.3) is 0 Å². The third-order valence-corrected chi connectivity index (χ3v) is 4.73. The van der Waals surface area contributed by atoms with Gasteiger partial charge in [0.1, 0.15) is 0 Å². The first kappa shape index (κ1) is 12.0. The van der Waals surface area contributed by atoms with Crippen LogP contribution in [0.2, 0.25) is 0 Å². The van der Waals surface area contributed by atoms with Crippen LogP contribution in [-0.4, -0.2) is 38.7 Å². The molecule has 3 rings (SSSR count). The van der Waals surface area contributed by atoms with E-state index in [4.69, 9.17) is 0 Å². The van der Waals surface area contributed by atoms with Crippen molar-refractivity contribution in [2.75, 3.05) is 13.1 Å². The lowest BCUT2D eigenvalue weighted by Crippen LogP contribution is -2.38. The maximum absolute atomic E-state index is 11.1. The van der Waals surface area contributed by atoms with Gasteiger partial charge in [0, 0.05) is 19.5 Å². The van der Waals surface area contributed by atoms with Gasteiger partial charge in [0.2, 0.25) is 5.91 Å². The summed E-state index contributed by atoms with van der Waals surface area (Å²) in [5, 5.41) is 3.06. The van der Waals surface area contributed by atoms with Crippen molar-refractivity contribution in [3.63, 3.8) is 0 Å². The predicted octanol–water partition coefficient (Wildman–Crippen LogP) is 1.03. The predicted molar refractivity (Wildman–Crippen MR) is 69.1 cm³/mol. The van der Waals surface area contributed by atoms with E-state index in [0.717, 1.165) is 25.3 Å². The van der Waals surface area contributed by atoms with Crippen molar-refractivity contribution in [3.05, 3.63) is 11.9 Å². The van der Waals surface area contributed by atoms with E-state index in [1.54, 1.807) is 6.92 Å². The molecule has 1 saturated carbocycles. The molecule has 0 radical (unpaired) electrons. The van der Waals surface area contributed by atoms with Crippen molar-refractivity contribution in [2.24, 2.45) is 5.41 Å². The summed E-state index contributed by atoms with van der Waals surface area (Å²) in [5.41, 5.74) is 1.48. The second-order valence-corrected chi connectivity index (χ2v) is 6.05. The fourth-order valence-electron chi connectivity index (χ4n) is 2.99.